The number of rotatable bonds is 5. The van der Waals surface area contributed by atoms with Crippen molar-refractivity contribution in [3.8, 4) is 0 Å². The van der Waals surface area contributed by atoms with E-state index in [0.717, 1.165) is 13.0 Å². The van der Waals surface area contributed by atoms with Crippen LogP contribution in [-0.2, 0) is 14.9 Å². The maximum Gasteiger partial charge on any atom is 0.159 e. The highest BCUT2D eigenvalue weighted by atomic mass is 16.7. The molecule has 2 rings (SSSR count). The molecular weight excluding hydrogens is 250 g/mol. The predicted octanol–water partition coefficient (Wildman–Crippen LogP) is 3.40. The van der Waals surface area contributed by atoms with E-state index in [9.17, 15) is 0 Å². The second-order valence-corrected chi connectivity index (χ2v) is 6.39. The highest BCUT2D eigenvalue weighted by Gasteiger charge is 2.22. The van der Waals surface area contributed by atoms with E-state index >= 15 is 0 Å². The molecule has 1 aliphatic rings. The summed E-state index contributed by atoms with van der Waals surface area (Å²) in [5.41, 5.74) is 2.87. The lowest BCUT2D eigenvalue weighted by Crippen LogP contribution is -2.26. The summed E-state index contributed by atoms with van der Waals surface area (Å²) in [6.07, 6.45) is 0.796. The van der Waals surface area contributed by atoms with Crippen LogP contribution in [0.15, 0.2) is 24.3 Å². The number of benzene rings is 1. The van der Waals surface area contributed by atoms with Crippen LogP contribution in [0, 0.1) is 0 Å². The minimum absolute atomic E-state index is 0.0682. The SMILES string of the molecule is CCNC(CC1OCCO1)c1ccc(C(C)(C)C)cc1. The van der Waals surface area contributed by atoms with Gasteiger partial charge in [-0.05, 0) is 23.1 Å². The Kier molecular flexibility index (Phi) is 5.19. The molecule has 1 N–H and O–H groups in total. The van der Waals surface area contributed by atoms with Gasteiger partial charge in [-0.3, -0.25) is 0 Å². The monoisotopic (exact) mass is 277 g/mol. The van der Waals surface area contributed by atoms with Crippen molar-refractivity contribution in [3.05, 3.63) is 35.4 Å². The van der Waals surface area contributed by atoms with E-state index in [-0.39, 0.29) is 17.7 Å². The number of hydrogen-bond acceptors (Lipinski definition) is 3. The summed E-state index contributed by atoms with van der Waals surface area (Å²) in [6, 6.07) is 9.20. The number of hydrogen-bond donors (Lipinski definition) is 1. The first kappa shape index (κ1) is 15.5. The summed E-state index contributed by atoms with van der Waals surface area (Å²) in [6.45, 7) is 11.2. The summed E-state index contributed by atoms with van der Waals surface area (Å²) in [7, 11) is 0. The predicted molar refractivity (Wildman–Crippen MR) is 81.9 cm³/mol. The quantitative estimate of drug-likeness (QED) is 0.895. The molecule has 112 valence electrons. The second kappa shape index (κ2) is 6.70. The molecule has 0 amide bonds. The molecular formula is C17H27NO2. The summed E-state index contributed by atoms with van der Waals surface area (Å²) < 4.78 is 11.1. The van der Waals surface area contributed by atoms with Crippen molar-refractivity contribution in [2.24, 2.45) is 0 Å². The first-order chi connectivity index (χ1) is 9.50. The van der Waals surface area contributed by atoms with Gasteiger partial charge in [0.15, 0.2) is 6.29 Å². The Hall–Kier alpha value is -0.900. The van der Waals surface area contributed by atoms with Gasteiger partial charge in [0, 0.05) is 12.5 Å². The molecule has 1 aromatic rings. The summed E-state index contributed by atoms with van der Waals surface area (Å²) >= 11 is 0. The van der Waals surface area contributed by atoms with Gasteiger partial charge in [-0.15, -0.1) is 0 Å². The zero-order valence-electron chi connectivity index (χ0n) is 13.1. The van der Waals surface area contributed by atoms with Crippen LogP contribution in [0.1, 0.15) is 51.3 Å². The smallest absolute Gasteiger partial charge is 0.159 e. The van der Waals surface area contributed by atoms with Crippen molar-refractivity contribution < 1.29 is 9.47 Å². The van der Waals surface area contributed by atoms with Gasteiger partial charge < -0.3 is 14.8 Å². The van der Waals surface area contributed by atoms with E-state index < -0.39 is 0 Å². The van der Waals surface area contributed by atoms with Crippen molar-refractivity contribution in [1.82, 2.24) is 5.32 Å². The van der Waals surface area contributed by atoms with E-state index in [1.807, 2.05) is 0 Å². The van der Waals surface area contributed by atoms with Gasteiger partial charge in [-0.1, -0.05) is 52.0 Å². The van der Waals surface area contributed by atoms with Crippen LogP contribution in [-0.4, -0.2) is 26.0 Å². The molecule has 1 aromatic carbocycles. The Labute approximate surface area is 122 Å². The fourth-order valence-electron chi connectivity index (χ4n) is 2.53. The number of nitrogens with one attached hydrogen (secondary N) is 1. The Morgan fingerprint density at radius 2 is 1.75 bits per heavy atom. The molecule has 0 bridgehead atoms. The van der Waals surface area contributed by atoms with Gasteiger partial charge in [-0.25, -0.2) is 0 Å². The third-order valence-electron chi connectivity index (χ3n) is 3.75. The lowest BCUT2D eigenvalue weighted by atomic mass is 9.86. The maximum absolute atomic E-state index is 5.57. The molecule has 3 nitrogen and oxygen atoms in total. The van der Waals surface area contributed by atoms with E-state index in [1.54, 1.807) is 0 Å². The lowest BCUT2D eigenvalue weighted by molar-refractivity contribution is -0.0529. The minimum Gasteiger partial charge on any atom is -0.350 e. The van der Waals surface area contributed by atoms with Crippen molar-refractivity contribution in [2.45, 2.75) is 51.9 Å². The standard InChI is InChI=1S/C17H27NO2/c1-5-18-15(12-16-19-10-11-20-16)13-6-8-14(9-7-13)17(2,3)4/h6-9,15-16,18H,5,10-12H2,1-4H3. The van der Waals surface area contributed by atoms with E-state index in [0.29, 0.717) is 13.2 Å². The Morgan fingerprint density at radius 1 is 1.15 bits per heavy atom. The highest BCUT2D eigenvalue weighted by molar-refractivity contribution is 5.29. The maximum atomic E-state index is 5.57. The van der Waals surface area contributed by atoms with Gasteiger partial charge >= 0.3 is 0 Å². The molecule has 20 heavy (non-hydrogen) atoms. The Morgan fingerprint density at radius 3 is 2.25 bits per heavy atom. The zero-order chi connectivity index (χ0) is 14.6. The highest BCUT2D eigenvalue weighted by Crippen LogP contribution is 2.26. The summed E-state index contributed by atoms with van der Waals surface area (Å²) in [5.74, 6) is 0. The first-order valence-electron chi connectivity index (χ1n) is 7.57. The molecule has 1 heterocycles. The minimum atomic E-state index is -0.0682. The molecule has 0 aromatic heterocycles. The Balaban J connectivity index is 2.08. The zero-order valence-corrected chi connectivity index (χ0v) is 13.1. The second-order valence-electron chi connectivity index (χ2n) is 6.39. The molecule has 0 saturated carbocycles. The largest absolute Gasteiger partial charge is 0.350 e. The van der Waals surface area contributed by atoms with Gasteiger partial charge in [0.2, 0.25) is 0 Å². The van der Waals surface area contributed by atoms with Crippen LogP contribution in [0.2, 0.25) is 0 Å². The molecule has 1 fully saturated rings. The third kappa shape index (κ3) is 4.05. The molecule has 0 spiro atoms. The van der Waals surface area contributed by atoms with Crippen LogP contribution < -0.4 is 5.32 Å². The van der Waals surface area contributed by atoms with Gasteiger partial charge in [0.25, 0.3) is 0 Å². The average Bonchev–Trinajstić information content (AvgIpc) is 2.90. The van der Waals surface area contributed by atoms with Crippen LogP contribution >= 0.6 is 0 Å². The van der Waals surface area contributed by atoms with Crippen molar-refractivity contribution >= 4 is 0 Å². The van der Waals surface area contributed by atoms with Crippen LogP contribution in [0.3, 0.4) is 0 Å². The molecule has 0 radical (unpaired) electrons. The topological polar surface area (TPSA) is 30.5 Å². The molecule has 1 aliphatic heterocycles. The third-order valence-corrected chi connectivity index (χ3v) is 3.75. The van der Waals surface area contributed by atoms with Crippen LogP contribution in [0.25, 0.3) is 0 Å². The van der Waals surface area contributed by atoms with Crippen molar-refractivity contribution in [2.75, 3.05) is 19.8 Å². The fourth-order valence-corrected chi connectivity index (χ4v) is 2.53. The Bertz CT molecular complexity index is 402. The fraction of sp³-hybridized carbons (Fsp3) is 0.647. The van der Waals surface area contributed by atoms with Crippen molar-refractivity contribution in [3.63, 3.8) is 0 Å². The van der Waals surface area contributed by atoms with Crippen LogP contribution in [0.4, 0.5) is 0 Å². The number of ether oxygens (including phenoxy) is 2. The molecule has 1 saturated heterocycles. The summed E-state index contributed by atoms with van der Waals surface area (Å²) in [5, 5.41) is 3.52. The van der Waals surface area contributed by atoms with E-state index in [1.165, 1.54) is 11.1 Å². The van der Waals surface area contributed by atoms with Crippen LogP contribution in [0.5, 0.6) is 0 Å². The van der Waals surface area contributed by atoms with Gasteiger partial charge in [-0.2, -0.15) is 0 Å². The lowest BCUT2D eigenvalue weighted by Gasteiger charge is -2.23. The first-order valence-corrected chi connectivity index (χ1v) is 7.57. The normalized spacial score (nSPS) is 18.4. The molecule has 3 heteroatoms. The van der Waals surface area contributed by atoms with E-state index in [2.05, 4.69) is 57.3 Å². The van der Waals surface area contributed by atoms with Gasteiger partial charge in [0.1, 0.15) is 0 Å². The summed E-state index contributed by atoms with van der Waals surface area (Å²) in [4.78, 5) is 0. The van der Waals surface area contributed by atoms with Crippen molar-refractivity contribution in [1.29, 1.82) is 0 Å². The molecule has 1 atom stereocenters. The molecule has 1 unspecified atom stereocenters. The van der Waals surface area contributed by atoms with E-state index in [4.69, 9.17) is 9.47 Å². The average molecular weight is 277 g/mol. The molecule has 0 aliphatic carbocycles. The van der Waals surface area contributed by atoms with Gasteiger partial charge in [0.05, 0.1) is 13.2 Å².